The van der Waals surface area contributed by atoms with Crippen LogP contribution in [0.15, 0.2) is 0 Å². The quantitative estimate of drug-likeness (QED) is 0.549. The molecular formula is C13H30N2O3. The second-order valence-electron chi connectivity index (χ2n) is 3.43. The van der Waals surface area contributed by atoms with E-state index in [9.17, 15) is 4.79 Å². The zero-order valence-electron chi connectivity index (χ0n) is 12.4. The summed E-state index contributed by atoms with van der Waals surface area (Å²) < 4.78 is 10.5. The van der Waals surface area contributed by atoms with Crippen LogP contribution >= 0.6 is 0 Å². The van der Waals surface area contributed by atoms with Gasteiger partial charge in [0.2, 0.25) is 5.91 Å². The van der Waals surface area contributed by atoms with Gasteiger partial charge in [-0.25, -0.2) is 0 Å². The van der Waals surface area contributed by atoms with Crippen molar-refractivity contribution in [2.45, 2.75) is 33.6 Å². The van der Waals surface area contributed by atoms with E-state index in [4.69, 9.17) is 9.47 Å². The minimum absolute atomic E-state index is 0.0939. The number of amides is 1. The van der Waals surface area contributed by atoms with E-state index in [-0.39, 0.29) is 5.91 Å². The number of ether oxygens (including phenoxy) is 2. The largest absolute Gasteiger partial charge is 0.378 e. The fourth-order valence-corrected chi connectivity index (χ4v) is 1.07. The van der Waals surface area contributed by atoms with Gasteiger partial charge >= 0.3 is 0 Å². The fourth-order valence-electron chi connectivity index (χ4n) is 1.07. The molecule has 110 valence electrons. The van der Waals surface area contributed by atoms with Crippen molar-refractivity contribution >= 4 is 5.91 Å². The Bertz CT molecular complexity index is 166. The van der Waals surface area contributed by atoms with Crippen molar-refractivity contribution in [3.8, 4) is 0 Å². The summed E-state index contributed by atoms with van der Waals surface area (Å²) >= 11 is 0. The molecule has 2 N–H and O–H groups in total. The molecule has 0 saturated heterocycles. The van der Waals surface area contributed by atoms with Gasteiger partial charge in [0.15, 0.2) is 0 Å². The van der Waals surface area contributed by atoms with Gasteiger partial charge in [0, 0.05) is 19.5 Å². The fraction of sp³-hybridized carbons (Fsp3) is 0.923. The highest BCUT2D eigenvalue weighted by Gasteiger charge is 1.97. The van der Waals surface area contributed by atoms with Crippen LogP contribution in [0.25, 0.3) is 0 Å². The number of likely N-dealkylation sites (N-methyl/N-ethyl adjacent to an activating group) is 1. The van der Waals surface area contributed by atoms with Crippen molar-refractivity contribution < 1.29 is 14.3 Å². The summed E-state index contributed by atoms with van der Waals surface area (Å²) in [6.45, 7) is 9.84. The van der Waals surface area contributed by atoms with E-state index in [1.807, 2.05) is 27.8 Å². The predicted molar refractivity (Wildman–Crippen MR) is 74.8 cm³/mol. The molecule has 18 heavy (non-hydrogen) atoms. The highest BCUT2D eigenvalue weighted by atomic mass is 16.5. The van der Waals surface area contributed by atoms with Gasteiger partial charge in [0.1, 0.15) is 0 Å². The first-order valence-electron chi connectivity index (χ1n) is 6.88. The van der Waals surface area contributed by atoms with E-state index >= 15 is 0 Å². The molecule has 0 aromatic rings. The Morgan fingerprint density at radius 1 is 1.00 bits per heavy atom. The van der Waals surface area contributed by atoms with E-state index in [1.54, 1.807) is 0 Å². The zero-order chi connectivity index (χ0) is 14.1. The second-order valence-corrected chi connectivity index (χ2v) is 3.43. The van der Waals surface area contributed by atoms with E-state index < -0.39 is 0 Å². The Hall–Kier alpha value is -0.650. The molecular weight excluding hydrogens is 232 g/mol. The maximum Gasteiger partial charge on any atom is 0.220 e. The van der Waals surface area contributed by atoms with E-state index in [1.165, 1.54) is 0 Å². The first kappa shape index (κ1) is 19.7. The zero-order valence-corrected chi connectivity index (χ0v) is 12.4. The minimum atomic E-state index is 0.0939. The molecule has 0 unspecified atom stereocenters. The van der Waals surface area contributed by atoms with Crippen molar-refractivity contribution in [3.05, 3.63) is 0 Å². The average molecular weight is 262 g/mol. The molecule has 5 nitrogen and oxygen atoms in total. The molecule has 0 atom stereocenters. The normalized spacial score (nSPS) is 9.56. The molecule has 0 bridgehead atoms. The molecule has 0 aromatic carbocycles. The molecule has 1 amide bonds. The van der Waals surface area contributed by atoms with Crippen LogP contribution in [-0.4, -0.2) is 52.5 Å². The Kier molecular flexibility index (Phi) is 20.5. The van der Waals surface area contributed by atoms with Gasteiger partial charge in [0.05, 0.1) is 26.4 Å². The van der Waals surface area contributed by atoms with Gasteiger partial charge in [-0.2, -0.15) is 0 Å². The van der Waals surface area contributed by atoms with Crippen LogP contribution in [0.3, 0.4) is 0 Å². The molecule has 0 rings (SSSR count). The van der Waals surface area contributed by atoms with Gasteiger partial charge in [-0.3, -0.25) is 4.79 Å². The number of carbonyl (C=O) groups excluding carboxylic acids is 1. The van der Waals surface area contributed by atoms with Crippen molar-refractivity contribution in [2.24, 2.45) is 0 Å². The smallest absolute Gasteiger partial charge is 0.220 e. The molecule has 0 heterocycles. The van der Waals surface area contributed by atoms with E-state index in [0.717, 1.165) is 13.0 Å². The molecule has 0 saturated carbocycles. The summed E-state index contributed by atoms with van der Waals surface area (Å²) in [5, 5.41) is 5.77. The number of hydrogen-bond acceptors (Lipinski definition) is 4. The van der Waals surface area contributed by atoms with Crippen LogP contribution in [-0.2, 0) is 14.3 Å². The highest BCUT2D eigenvalue weighted by Crippen LogP contribution is 1.85. The molecule has 0 aliphatic rings. The monoisotopic (exact) mass is 262 g/mol. The van der Waals surface area contributed by atoms with Gasteiger partial charge in [-0.1, -0.05) is 20.8 Å². The first-order valence-corrected chi connectivity index (χ1v) is 6.88. The van der Waals surface area contributed by atoms with Gasteiger partial charge in [0.25, 0.3) is 0 Å². The van der Waals surface area contributed by atoms with Crippen LogP contribution in [0, 0.1) is 0 Å². The van der Waals surface area contributed by atoms with Gasteiger partial charge < -0.3 is 20.1 Å². The number of rotatable bonds is 11. The molecule has 0 spiro atoms. The summed E-state index contributed by atoms with van der Waals surface area (Å²) in [6.07, 6.45) is 1.47. The van der Waals surface area contributed by atoms with Crippen molar-refractivity contribution in [2.75, 3.05) is 46.6 Å². The molecule has 0 aliphatic carbocycles. The van der Waals surface area contributed by atoms with Crippen LogP contribution in [0.4, 0.5) is 0 Å². The van der Waals surface area contributed by atoms with Crippen LogP contribution in [0.5, 0.6) is 0 Å². The third-order valence-electron chi connectivity index (χ3n) is 1.91. The Labute approximate surface area is 112 Å². The summed E-state index contributed by atoms with van der Waals surface area (Å²) in [6, 6.07) is 0. The van der Waals surface area contributed by atoms with Crippen molar-refractivity contribution in [1.29, 1.82) is 0 Å². The number of hydrogen-bond donors (Lipinski definition) is 2. The maximum absolute atomic E-state index is 11.1. The molecule has 5 heteroatoms. The van der Waals surface area contributed by atoms with Crippen molar-refractivity contribution in [3.63, 3.8) is 0 Å². The van der Waals surface area contributed by atoms with E-state index in [2.05, 4.69) is 10.6 Å². The Morgan fingerprint density at radius 3 is 2.06 bits per heavy atom. The molecule has 0 aromatic heterocycles. The minimum Gasteiger partial charge on any atom is -0.378 e. The summed E-state index contributed by atoms with van der Waals surface area (Å²) in [5.74, 6) is 0.0939. The Morgan fingerprint density at radius 2 is 1.56 bits per heavy atom. The predicted octanol–water partition coefficient (Wildman–Crippen LogP) is 1.18. The lowest BCUT2D eigenvalue weighted by Crippen LogP contribution is -2.27. The Balaban J connectivity index is 0. The third-order valence-corrected chi connectivity index (χ3v) is 1.91. The SMILES string of the molecule is CC.CCCC(=O)NCCOCCOCCNC. The standard InChI is InChI=1S/C11H24N2O3.C2H6/c1-3-4-11(14)13-6-8-16-10-9-15-7-5-12-2;1-2/h12H,3-10H2,1-2H3,(H,13,14);1-2H3. The molecule has 0 radical (unpaired) electrons. The lowest BCUT2D eigenvalue weighted by molar-refractivity contribution is -0.121. The molecule has 0 aliphatic heterocycles. The highest BCUT2D eigenvalue weighted by molar-refractivity contribution is 5.75. The number of carbonyl (C=O) groups is 1. The van der Waals surface area contributed by atoms with Crippen LogP contribution in [0.2, 0.25) is 0 Å². The topological polar surface area (TPSA) is 59.6 Å². The lowest BCUT2D eigenvalue weighted by Gasteiger charge is -2.06. The van der Waals surface area contributed by atoms with Crippen LogP contribution in [0.1, 0.15) is 33.6 Å². The van der Waals surface area contributed by atoms with Gasteiger partial charge in [-0.15, -0.1) is 0 Å². The summed E-state index contributed by atoms with van der Waals surface area (Å²) in [7, 11) is 1.89. The van der Waals surface area contributed by atoms with Crippen LogP contribution < -0.4 is 10.6 Å². The summed E-state index contributed by atoms with van der Waals surface area (Å²) in [4.78, 5) is 11.1. The molecule has 0 fully saturated rings. The van der Waals surface area contributed by atoms with Gasteiger partial charge in [-0.05, 0) is 13.5 Å². The second kappa shape index (κ2) is 18.7. The van der Waals surface area contributed by atoms with E-state index in [0.29, 0.717) is 39.4 Å². The first-order chi connectivity index (χ1) is 8.81. The summed E-state index contributed by atoms with van der Waals surface area (Å²) in [5.41, 5.74) is 0. The van der Waals surface area contributed by atoms with Crippen molar-refractivity contribution in [1.82, 2.24) is 10.6 Å². The lowest BCUT2D eigenvalue weighted by atomic mass is 10.3. The maximum atomic E-state index is 11.1. The average Bonchev–Trinajstić information content (AvgIpc) is 2.39. The number of nitrogens with one attached hydrogen (secondary N) is 2. The third kappa shape index (κ3) is 17.7.